The van der Waals surface area contributed by atoms with Crippen LogP contribution in [0.3, 0.4) is 0 Å². The molecule has 0 spiro atoms. The van der Waals surface area contributed by atoms with Crippen molar-refractivity contribution in [1.82, 2.24) is 9.38 Å². The van der Waals surface area contributed by atoms with Gasteiger partial charge in [0.05, 0.1) is 18.1 Å². The van der Waals surface area contributed by atoms with Crippen LogP contribution in [0.4, 0.5) is 5.69 Å². The molecule has 108 valence electrons. The molecular weight excluding hydrogens is 262 g/mol. The van der Waals surface area contributed by atoms with Gasteiger partial charge in [0.25, 0.3) is 0 Å². The normalized spacial score (nSPS) is 11.8. The smallest absolute Gasteiger partial charge is 0.137 e. The van der Waals surface area contributed by atoms with Crippen LogP contribution in [-0.4, -0.2) is 15.0 Å². The minimum absolute atomic E-state index is 0.231. The molecule has 3 rings (SSSR count). The van der Waals surface area contributed by atoms with E-state index < -0.39 is 0 Å². The highest BCUT2D eigenvalue weighted by Gasteiger charge is 2.13. The Kier molecular flexibility index (Phi) is 3.09. The molecule has 0 aliphatic carbocycles. The lowest BCUT2D eigenvalue weighted by atomic mass is 10.1. The van der Waals surface area contributed by atoms with Crippen LogP contribution >= 0.6 is 0 Å². The zero-order valence-corrected chi connectivity index (χ0v) is 12.5. The molecule has 0 fully saturated rings. The number of hydrogen-bond donors (Lipinski definition) is 1. The Morgan fingerprint density at radius 2 is 1.95 bits per heavy atom. The van der Waals surface area contributed by atoms with Crippen molar-refractivity contribution in [2.24, 2.45) is 0 Å². The van der Waals surface area contributed by atoms with Gasteiger partial charge in [0.1, 0.15) is 17.0 Å². The molecule has 0 bridgehead atoms. The van der Waals surface area contributed by atoms with E-state index in [1.165, 1.54) is 0 Å². The van der Waals surface area contributed by atoms with Gasteiger partial charge in [0, 0.05) is 11.3 Å². The van der Waals surface area contributed by atoms with Crippen molar-refractivity contribution in [2.45, 2.75) is 26.4 Å². The number of anilines is 1. The lowest BCUT2D eigenvalue weighted by Crippen LogP contribution is -2.23. The molecule has 4 heteroatoms. The number of nitrogen functional groups attached to an aromatic ring is 1. The number of fused-ring (bicyclic) bond motifs is 1. The monoisotopic (exact) mass is 281 g/mol. The lowest BCUT2D eigenvalue weighted by molar-refractivity contribution is 0.130. The molecule has 0 aliphatic rings. The van der Waals surface area contributed by atoms with E-state index in [1.54, 1.807) is 0 Å². The maximum Gasteiger partial charge on any atom is 0.137 e. The molecule has 4 nitrogen and oxygen atoms in total. The van der Waals surface area contributed by atoms with Crippen LogP contribution in [0.15, 0.2) is 48.8 Å². The van der Waals surface area contributed by atoms with E-state index in [-0.39, 0.29) is 5.60 Å². The highest BCUT2D eigenvalue weighted by Crippen LogP contribution is 2.25. The van der Waals surface area contributed by atoms with Crippen LogP contribution in [0.1, 0.15) is 20.8 Å². The minimum Gasteiger partial charge on any atom is -0.487 e. The summed E-state index contributed by atoms with van der Waals surface area (Å²) in [6.45, 7) is 6.09. The van der Waals surface area contributed by atoms with Crippen LogP contribution in [0.5, 0.6) is 5.75 Å². The molecule has 0 saturated carbocycles. The number of nitrogens with two attached hydrogens (primary N) is 1. The summed E-state index contributed by atoms with van der Waals surface area (Å²) in [5, 5.41) is 0. The Hall–Kier alpha value is -2.49. The van der Waals surface area contributed by atoms with Crippen LogP contribution in [0.25, 0.3) is 16.9 Å². The predicted octanol–water partition coefficient (Wildman–Crippen LogP) is 3.76. The SMILES string of the molecule is CC(C)(C)Oc1ccc2ncc(-c3cccc(N)c3)n2c1. The van der Waals surface area contributed by atoms with Crippen molar-refractivity contribution in [3.63, 3.8) is 0 Å². The first-order valence-electron chi connectivity index (χ1n) is 6.94. The van der Waals surface area contributed by atoms with Crippen molar-refractivity contribution in [3.05, 3.63) is 48.8 Å². The zero-order valence-electron chi connectivity index (χ0n) is 12.5. The van der Waals surface area contributed by atoms with Gasteiger partial charge in [0.2, 0.25) is 0 Å². The van der Waals surface area contributed by atoms with Gasteiger partial charge >= 0.3 is 0 Å². The third-order valence-electron chi connectivity index (χ3n) is 3.08. The molecular formula is C17H19N3O. The predicted molar refractivity (Wildman–Crippen MR) is 85.4 cm³/mol. The highest BCUT2D eigenvalue weighted by atomic mass is 16.5. The van der Waals surface area contributed by atoms with Crippen molar-refractivity contribution in [3.8, 4) is 17.0 Å². The molecule has 21 heavy (non-hydrogen) atoms. The fourth-order valence-corrected chi connectivity index (χ4v) is 2.29. The summed E-state index contributed by atoms with van der Waals surface area (Å²) in [5.41, 5.74) is 9.29. The van der Waals surface area contributed by atoms with Crippen molar-refractivity contribution in [2.75, 3.05) is 5.73 Å². The number of imidazole rings is 1. The van der Waals surface area contributed by atoms with E-state index in [1.807, 2.05) is 74.0 Å². The van der Waals surface area contributed by atoms with E-state index >= 15 is 0 Å². The maximum atomic E-state index is 5.92. The first-order chi connectivity index (χ1) is 9.92. The third kappa shape index (κ3) is 2.84. The van der Waals surface area contributed by atoms with Crippen LogP contribution in [-0.2, 0) is 0 Å². The topological polar surface area (TPSA) is 52.5 Å². The van der Waals surface area contributed by atoms with Crippen molar-refractivity contribution < 1.29 is 4.74 Å². The molecule has 0 unspecified atom stereocenters. The Morgan fingerprint density at radius 3 is 2.67 bits per heavy atom. The van der Waals surface area contributed by atoms with Gasteiger partial charge in [-0.2, -0.15) is 0 Å². The quantitative estimate of drug-likeness (QED) is 0.728. The van der Waals surface area contributed by atoms with Gasteiger partial charge in [-0.1, -0.05) is 12.1 Å². The number of nitrogens with zero attached hydrogens (tertiary/aromatic N) is 2. The van der Waals surface area contributed by atoms with E-state index in [0.717, 1.165) is 28.3 Å². The minimum atomic E-state index is -0.231. The molecule has 1 aromatic carbocycles. The van der Waals surface area contributed by atoms with Gasteiger partial charge in [0.15, 0.2) is 0 Å². The summed E-state index contributed by atoms with van der Waals surface area (Å²) >= 11 is 0. The number of rotatable bonds is 2. The molecule has 0 atom stereocenters. The standard InChI is InChI=1S/C17H19N3O/c1-17(2,3)21-14-7-8-16-19-10-15(20(16)11-14)12-5-4-6-13(18)9-12/h4-11H,18H2,1-3H3. The first-order valence-corrected chi connectivity index (χ1v) is 6.94. The average Bonchev–Trinajstić information content (AvgIpc) is 2.80. The number of pyridine rings is 1. The Labute approximate surface area is 124 Å². The second-order valence-corrected chi connectivity index (χ2v) is 6.08. The summed E-state index contributed by atoms with van der Waals surface area (Å²) in [6.07, 6.45) is 3.82. The average molecular weight is 281 g/mol. The van der Waals surface area contributed by atoms with Crippen LogP contribution in [0, 0.1) is 0 Å². The van der Waals surface area contributed by atoms with Gasteiger partial charge in [-0.25, -0.2) is 4.98 Å². The lowest BCUT2D eigenvalue weighted by Gasteiger charge is -2.21. The second kappa shape index (κ2) is 4.81. The Morgan fingerprint density at radius 1 is 1.14 bits per heavy atom. The molecule has 2 heterocycles. The Balaban J connectivity index is 2.10. The van der Waals surface area contributed by atoms with Crippen LogP contribution in [0.2, 0.25) is 0 Å². The molecule has 0 aliphatic heterocycles. The summed E-state index contributed by atoms with van der Waals surface area (Å²) < 4.78 is 7.94. The van der Waals surface area contributed by atoms with E-state index in [0.29, 0.717) is 0 Å². The summed E-state index contributed by atoms with van der Waals surface area (Å²) in [6, 6.07) is 11.7. The largest absolute Gasteiger partial charge is 0.487 e. The second-order valence-electron chi connectivity index (χ2n) is 6.08. The first kappa shape index (κ1) is 13.5. The van der Waals surface area contributed by atoms with Crippen LogP contribution < -0.4 is 10.5 Å². The summed E-state index contributed by atoms with van der Waals surface area (Å²) in [7, 11) is 0. The summed E-state index contributed by atoms with van der Waals surface area (Å²) in [5.74, 6) is 0.818. The van der Waals surface area contributed by atoms with Gasteiger partial charge in [-0.05, 0) is 45.0 Å². The number of aromatic nitrogens is 2. The van der Waals surface area contributed by atoms with Gasteiger partial charge < -0.3 is 10.5 Å². The van der Waals surface area contributed by atoms with E-state index in [4.69, 9.17) is 10.5 Å². The fraction of sp³-hybridized carbons (Fsp3) is 0.235. The van der Waals surface area contributed by atoms with Gasteiger partial charge in [-0.3, -0.25) is 4.40 Å². The fourth-order valence-electron chi connectivity index (χ4n) is 2.29. The molecule has 0 radical (unpaired) electrons. The number of hydrogen-bond acceptors (Lipinski definition) is 3. The third-order valence-corrected chi connectivity index (χ3v) is 3.08. The Bertz CT molecular complexity index is 784. The molecule has 0 saturated heterocycles. The summed E-state index contributed by atoms with van der Waals surface area (Å²) in [4.78, 5) is 4.43. The number of ether oxygens (including phenoxy) is 1. The molecule has 0 amide bonds. The van der Waals surface area contributed by atoms with Crippen molar-refractivity contribution in [1.29, 1.82) is 0 Å². The molecule has 2 aromatic heterocycles. The van der Waals surface area contributed by atoms with E-state index in [9.17, 15) is 0 Å². The molecule has 3 aromatic rings. The maximum absolute atomic E-state index is 5.92. The van der Waals surface area contributed by atoms with Crippen molar-refractivity contribution >= 4 is 11.3 Å². The number of benzene rings is 1. The molecule has 2 N–H and O–H groups in total. The zero-order chi connectivity index (χ0) is 15.0. The van der Waals surface area contributed by atoms with Gasteiger partial charge in [-0.15, -0.1) is 0 Å². The van der Waals surface area contributed by atoms with E-state index in [2.05, 4.69) is 4.98 Å². The highest BCUT2D eigenvalue weighted by molar-refractivity contribution is 5.67.